The fourth-order valence-corrected chi connectivity index (χ4v) is 2.90. The summed E-state index contributed by atoms with van der Waals surface area (Å²) in [4.78, 5) is 0. The van der Waals surface area contributed by atoms with Crippen molar-refractivity contribution in [3.8, 4) is 22.6 Å². The van der Waals surface area contributed by atoms with Gasteiger partial charge in [0.25, 0.3) is 0 Å². The second-order valence-corrected chi connectivity index (χ2v) is 6.48. The normalized spacial score (nSPS) is 10.8. The molecule has 0 saturated carbocycles. The van der Waals surface area contributed by atoms with Gasteiger partial charge in [-0.1, -0.05) is 76.1 Å². The smallest absolute Gasteiger partial charge is 0.165 e. The Balaban J connectivity index is 1.70. The average molecular weight is 344 g/mol. The molecule has 25 heavy (non-hydrogen) atoms. The SMILES string of the molecule is CCCCCCCCCCOc1ccc(-c2cccc(F)c2O)cc1. The van der Waals surface area contributed by atoms with Crippen LogP contribution in [0.15, 0.2) is 42.5 Å². The van der Waals surface area contributed by atoms with Crippen LogP contribution in [0, 0.1) is 5.82 Å². The Morgan fingerprint density at radius 1 is 0.840 bits per heavy atom. The van der Waals surface area contributed by atoms with E-state index >= 15 is 0 Å². The monoisotopic (exact) mass is 344 g/mol. The Labute approximate surface area is 150 Å². The second-order valence-electron chi connectivity index (χ2n) is 6.48. The highest BCUT2D eigenvalue weighted by Gasteiger charge is 2.08. The zero-order valence-electron chi connectivity index (χ0n) is 15.1. The van der Waals surface area contributed by atoms with Crippen LogP contribution in [-0.4, -0.2) is 11.7 Å². The topological polar surface area (TPSA) is 29.5 Å². The fraction of sp³-hybridized carbons (Fsp3) is 0.455. The van der Waals surface area contributed by atoms with E-state index in [1.54, 1.807) is 12.1 Å². The standard InChI is InChI=1S/C22H29FO2/c1-2-3-4-5-6-7-8-9-17-25-19-15-13-18(14-16-19)20-11-10-12-21(23)22(20)24/h10-16,24H,2-9,17H2,1H3. The molecule has 2 aromatic carbocycles. The number of para-hydroxylation sites is 1. The van der Waals surface area contributed by atoms with Crippen LogP contribution in [0.4, 0.5) is 4.39 Å². The first-order valence-electron chi connectivity index (χ1n) is 9.43. The van der Waals surface area contributed by atoms with Gasteiger partial charge in [-0.25, -0.2) is 4.39 Å². The molecule has 0 bridgehead atoms. The summed E-state index contributed by atoms with van der Waals surface area (Å²) < 4.78 is 19.2. The van der Waals surface area contributed by atoms with E-state index in [0.29, 0.717) is 5.56 Å². The number of benzene rings is 2. The molecule has 0 aromatic heterocycles. The number of unbranched alkanes of at least 4 members (excludes halogenated alkanes) is 7. The molecule has 0 spiro atoms. The lowest BCUT2D eigenvalue weighted by molar-refractivity contribution is 0.304. The number of phenolic OH excluding ortho intramolecular Hbond substituents is 1. The largest absolute Gasteiger partial charge is 0.504 e. The van der Waals surface area contributed by atoms with E-state index in [1.807, 2.05) is 24.3 Å². The van der Waals surface area contributed by atoms with E-state index in [4.69, 9.17) is 4.74 Å². The minimum atomic E-state index is -0.604. The van der Waals surface area contributed by atoms with Crippen molar-refractivity contribution in [3.63, 3.8) is 0 Å². The first-order chi connectivity index (χ1) is 12.2. The molecule has 136 valence electrons. The van der Waals surface area contributed by atoms with Crippen LogP contribution in [0.1, 0.15) is 58.3 Å². The summed E-state index contributed by atoms with van der Waals surface area (Å²) in [6, 6.07) is 12.0. The molecule has 0 unspecified atom stereocenters. The summed E-state index contributed by atoms with van der Waals surface area (Å²) in [5, 5.41) is 9.81. The summed E-state index contributed by atoms with van der Waals surface area (Å²) >= 11 is 0. The van der Waals surface area contributed by atoms with E-state index in [1.165, 1.54) is 51.0 Å². The second kappa shape index (κ2) is 10.8. The molecular formula is C22H29FO2. The van der Waals surface area contributed by atoms with Crippen molar-refractivity contribution < 1.29 is 14.2 Å². The fourth-order valence-electron chi connectivity index (χ4n) is 2.90. The molecule has 0 radical (unpaired) electrons. The molecule has 0 atom stereocenters. The summed E-state index contributed by atoms with van der Waals surface area (Å²) in [5.74, 6) is -0.106. The van der Waals surface area contributed by atoms with Crippen LogP contribution < -0.4 is 4.74 Å². The minimum Gasteiger partial charge on any atom is -0.504 e. The Bertz CT molecular complexity index is 622. The van der Waals surface area contributed by atoms with Gasteiger partial charge in [0, 0.05) is 5.56 Å². The zero-order valence-corrected chi connectivity index (χ0v) is 15.1. The molecule has 2 nitrogen and oxygen atoms in total. The van der Waals surface area contributed by atoms with E-state index in [2.05, 4.69) is 6.92 Å². The lowest BCUT2D eigenvalue weighted by Crippen LogP contribution is -1.97. The Morgan fingerprint density at radius 3 is 2.16 bits per heavy atom. The highest BCUT2D eigenvalue weighted by Crippen LogP contribution is 2.32. The number of halogens is 1. The zero-order chi connectivity index (χ0) is 17.9. The lowest BCUT2D eigenvalue weighted by atomic mass is 10.0. The van der Waals surface area contributed by atoms with Gasteiger partial charge in [-0.15, -0.1) is 0 Å². The third-order valence-electron chi connectivity index (χ3n) is 4.42. The van der Waals surface area contributed by atoms with E-state index in [9.17, 15) is 9.50 Å². The molecule has 3 heteroatoms. The van der Waals surface area contributed by atoms with Crippen molar-refractivity contribution in [1.82, 2.24) is 0 Å². The maximum Gasteiger partial charge on any atom is 0.165 e. The van der Waals surface area contributed by atoms with Crippen molar-refractivity contribution in [2.24, 2.45) is 0 Å². The molecule has 1 N–H and O–H groups in total. The van der Waals surface area contributed by atoms with E-state index in [0.717, 1.165) is 24.3 Å². The molecule has 0 heterocycles. The van der Waals surface area contributed by atoms with Crippen LogP contribution in [-0.2, 0) is 0 Å². The molecule has 2 rings (SSSR count). The van der Waals surface area contributed by atoms with Gasteiger partial charge in [0.2, 0.25) is 0 Å². The third kappa shape index (κ3) is 6.41. The number of hydrogen-bond acceptors (Lipinski definition) is 2. The van der Waals surface area contributed by atoms with Gasteiger partial charge in [0.15, 0.2) is 11.6 Å². The van der Waals surface area contributed by atoms with Gasteiger partial charge >= 0.3 is 0 Å². The summed E-state index contributed by atoms with van der Waals surface area (Å²) in [6.07, 6.45) is 10.2. The number of ether oxygens (including phenoxy) is 1. The molecule has 0 amide bonds. The highest BCUT2D eigenvalue weighted by atomic mass is 19.1. The summed E-state index contributed by atoms with van der Waals surface area (Å²) in [6.45, 7) is 2.96. The molecule has 0 aliphatic carbocycles. The first kappa shape index (κ1) is 19.3. The van der Waals surface area contributed by atoms with Crippen LogP contribution in [0.5, 0.6) is 11.5 Å². The van der Waals surface area contributed by atoms with Crippen molar-refractivity contribution >= 4 is 0 Å². The number of rotatable bonds is 11. The van der Waals surface area contributed by atoms with Crippen LogP contribution >= 0.6 is 0 Å². The summed E-state index contributed by atoms with van der Waals surface area (Å²) in [7, 11) is 0. The summed E-state index contributed by atoms with van der Waals surface area (Å²) in [5.41, 5.74) is 1.27. The van der Waals surface area contributed by atoms with E-state index in [-0.39, 0.29) is 5.75 Å². The van der Waals surface area contributed by atoms with Crippen molar-refractivity contribution in [3.05, 3.63) is 48.3 Å². The minimum absolute atomic E-state index is 0.310. The van der Waals surface area contributed by atoms with Gasteiger partial charge < -0.3 is 9.84 Å². The molecule has 0 saturated heterocycles. The number of aromatic hydroxyl groups is 1. The van der Waals surface area contributed by atoms with Crippen molar-refractivity contribution in [2.75, 3.05) is 6.61 Å². The van der Waals surface area contributed by atoms with Crippen LogP contribution in [0.25, 0.3) is 11.1 Å². The number of hydrogen-bond donors (Lipinski definition) is 1. The van der Waals surface area contributed by atoms with Crippen molar-refractivity contribution in [1.29, 1.82) is 0 Å². The Hall–Kier alpha value is -2.03. The number of phenols is 1. The molecular weight excluding hydrogens is 315 g/mol. The molecule has 0 aliphatic rings. The maximum atomic E-state index is 13.4. The highest BCUT2D eigenvalue weighted by molar-refractivity contribution is 5.70. The Kier molecular flexibility index (Phi) is 8.30. The molecule has 0 aliphatic heterocycles. The van der Waals surface area contributed by atoms with Gasteiger partial charge in [-0.3, -0.25) is 0 Å². The predicted molar refractivity (Wildman–Crippen MR) is 102 cm³/mol. The van der Waals surface area contributed by atoms with E-state index < -0.39 is 5.82 Å². The van der Waals surface area contributed by atoms with Gasteiger partial charge in [-0.2, -0.15) is 0 Å². The van der Waals surface area contributed by atoms with Crippen molar-refractivity contribution in [2.45, 2.75) is 58.3 Å². The molecule has 0 fully saturated rings. The van der Waals surface area contributed by atoms with Gasteiger partial charge in [0.1, 0.15) is 5.75 Å². The Morgan fingerprint density at radius 2 is 1.48 bits per heavy atom. The predicted octanol–water partition coefficient (Wildman–Crippen LogP) is 6.72. The van der Waals surface area contributed by atoms with Gasteiger partial charge in [0.05, 0.1) is 6.61 Å². The maximum absolute atomic E-state index is 13.4. The average Bonchev–Trinajstić information content (AvgIpc) is 2.63. The van der Waals surface area contributed by atoms with Crippen LogP contribution in [0.3, 0.4) is 0 Å². The third-order valence-corrected chi connectivity index (χ3v) is 4.42. The quantitative estimate of drug-likeness (QED) is 0.459. The van der Waals surface area contributed by atoms with Crippen LogP contribution in [0.2, 0.25) is 0 Å². The van der Waals surface area contributed by atoms with Gasteiger partial charge in [-0.05, 0) is 30.2 Å². The molecule has 2 aromatic rings. The first-order valence-corrected chi connectivity index (χ1v) is 9.43. The lowest BCUT2D eigenvalue weighted by Gasteiger charge is -2.09.